The summed E-state index contributed by atoms with van der Waals surface area (Å²) in [5, 5.41) is 10.9. The van der Waals surface area contributed by atoms with E-state index in [4.69, 9.17) is 5.10 Å². The Morgan fingerprint density at radius 1 is 1.03 bits per heavy atom. The zero-order chi connectivity index (χ0) is 22.8. The zero-order valence-corrected chi connectivity index (χ0v) is 19.0. The molecule has 33 heavy (non-hydrogen) atoms. The van der Waals surface area contributed by atoms with Crippen LogP contribution in [0, 0.1) is 6.92 Å². The summed E-state index contributed by atoms with van der Waals surface area (Å²) in [6.45, 7) is 1.96. The van der Waals surface area contributed by atoms with Crippen molar-refractivity contribution in [2.45, 2.75) is 16.8 Å². The highest BCUT2D eigenvalue weighted by atomic mass is 32.2. The second kappa shape index (κ2) is 8.88. The van der Waals surface area contributed by atoms with Crippen LogP contribution in [-0.2, 0) is 7.05 Å². The van der Waals surface area contributed by atoms with Gasteiger partial charge in [-0.1, -0.05) is 48.2 Å². The van der Waals surface area contributed by atoms with Crippen molar-refractivity contribution >= 4 is 34.5 Å². The SMILES string of the molecule is Cc1nn(-c2ccccc2)c(Sc2cccc3cccnc23)c1/C=C/C(=O)c1cnn(C)c1. The highest BCUT2D eigenvalue weighted by Gasteiger charge is 2.18. The van der Waals surface area contributed by atoms with Gasteiger partial charge >= 0.3 is 0 Å². The van der Waals surface area contributed by atoms with Gasteiger partial charge in [0.05, 0.1) is 28.7 Å². The Bertz CT molecular complexity index is 1480. The third-order valence-electron chi connectivity index (χ3n) is 5.26. The van der Waals surface area contributed by atoms with Crippen LogP contribution in [0.3, 0.4) is 0 Å². The van der Waals surface area contributed by atoms with Crippen molar-refractivity contribution in [2.24, 2.45) is 7.05 Å². The second-order valence-electron chi connectivity index (χ2n) is 7.59. The molecule has 5 aromatic rings. The topological polar surface area (TPSA) is 65.6 Å². The average Bonchev–Trinajstić information content (AvgIpc) is 3.41. The lowest BCUT2D eigenvalue weighted by Gasteiger charge is -2.10. The fourth-order valence-electron chi connectivity index (χ4n) is 3.62. The molecule has 7 heteroatoms. The van der Waals surface area contributed by atoms with E-state index in [1.165, 1.54) is 0 Å². The fourth-order valence-corrected chi connectivity index (χ4v) is 4.80. The molecule has 0 aliphatic rings. The Morgan fingerprint density at radius 3 is 2.64 bits per heavy atom. The van der Waals surface area contributed by atoms with Gasteiger partial charge in [0.2, 0.25) is 0 Å². The molecule has 0 radical (unpaired) electrons. The Balaban J connectivity index is 1.61. The molecule has 0 spiro atoms. The van der Waals surface area contributed by atoms with Crippen molar-refractivity contribution in [3.8, 4) is 5.69 Å². The lowest BCUT2D eigenvalue weighted by atomic mass is 10.2. The zero-order valence-electron chi connectivity index (χ0n) is 18.2. The van der Waals surface area contributed by atoms with Gasteiger partial charge in [0.15, 0.2) is 5.78 Å². The monoisotopic (exact) mass is 451 g/mol. The van der Waals surface area contributed by atoms with Gasteiger partial charge in [-0.05, 0) is 43.3 Å². The highest BCUT2D eigenvalue weighted by Crippen LogP contribution is 2.37. The van der Waals surface area contributed by atoms with Crippen LogP contribution < -0.4 is 0 Å². The van der Waals surface area contributed by atoms with Gasteiger partial charge in [0.1, 0.15) is 5.03 Å². The van der Waals surface area contributed by atoms with Crippen LogP contribution >= 0.6 is 11.8 Å². The van der Waals surface area contributed by atoms with E-state index in [2.05, 4.69) is 28.3 Å². The summed E-state index contributed by atoms with van der Waals surface area (Å²) >= 11 is 1.60. The molecule has 0 atom stereocenters. The number of pyridine rings is 1. The fraction of sp³-hybridized carbons (Fsp3) is 0.0769. The summed E-state index contributed by atoms with van der Waals surface area (Å²) in [4.78, 5) is 18.3. The summed E-state index contributed by atoms with van der Waals surface area (Å²) < 4.78 is 3.55. The number of nitrogens with zero attached hydrogens (tertiary/aromatic N) is 5. The predicted molar refractivity (Wildman–Crippen MR) is 131 cm³/mol. The molecule has 0 aliphatic carbocycles. The summed E-state index contributed by atoms with van der Waals surface area (Å²) in [6.07, 6.45) is 8.52. The number of fused-ring (bicyclic) bond motifs is 1. The average molecular weight is 452 g/mol. The number of para-hydroxylation sites is 2. The van der Waals surface area contributed by atoms with Crippen LogP contribution in [0.5, 0.6) is 0 Å². The maximum atomic E-state index is 12.7. The molecule has 6 nitrogen and oxygen atoms in total. The minimum atomic E-state index is -0.0993. The first-order chi connectivity index (χ1) is 16.1. The minimum absolute atomic E-state index is 0.0993. The van der Waals surface area contributed by atoms with E-state index < -0.39 is 0 Å². The van der Waals surface area contributed by atoms with Crippen LogP contribution in [0.15, 0.2) is 95.3 Å². The number of benzene rings is 2. The molecule has 0 N–H and O–H groups in total. The molecule has 0 bridgehead atoms. The third-order valence-corrected chi connectivity index (χ3v) is 6.39. The predicted octanol–water partition coefficient (Wildman–Crippen LogP) is 5.51. The molecule has 3 aromatic heterocycles. The van der Waals surface area contributed by atoms with Gasteiger partial charge in [0, 0.05) is 35.3 Å². The van der Waals surface area contributed by atoms with E-state index >= 15 is 0 Å². The van der Waals surface area contributed by atoms with E-state index in [0.29, 0.717) is 5.56 Å². The van der Waals surface area contributed by atoms with E-state index in [9.17, 15) is 4.79 Å². The maximum absolute atomic E-state index is 12.7. The number of ketones is 1. The van der Waals surface area contributed by atoms with Crippen molar-refractivity contribution in [1.82, 2.24) is 24.5 Å². The Hall–Kier alpha value is -3.97. The van der Waals surface area contributed by atoms with Gasteiger partial charge < -0.3 is 0 Å². The standard InChI is InChI=1S/C26H21N5OS/c1-18-22(13-14-23(32)20-16-28-30(2)17-20)26(31(29-18)21-10-4-3-5-11-21)33-24-12-6-8-19-9-7-15-27-25(19)24/h3-17H,1-2H3/b14-13+. The smallest absolute Gasteiger partial charge is 0.189 e. The molecule has 0 saturated heterocycles. The van der Waals surface area contributed by atoms with Crippen LogP contribution in [0.1, 0.15) is 21.6 Å². The molecule has 0 aliphatic heterocycles. The van der Waals surface area contributed by atoms with Gasteiger partial charge in [-0.25, -0.2) is 4.68 Å². The Labute approximate surface area is 195 Å². The maximum Gasteiger partial charge on any atom is 0.189 e. The van der Waals surface area contributed by atoms with Gasteiger partial charge in [-0.2, -0.15) is 10.2 Å². The molecule has 0 unspecified atom stereocenters. The number of aryl methyl sites for hydroxylation is 2. The van der Waals surface area contributed by atoms with Crippen molar-refractivity contribution in [2.75, 3.05) is 0 Å². The second-order valence-corrected chi connectivity index (χ2v) is 8.62. The number of carbonyl (C=O) groups excluding carboxylic acids is 1. The number of aromatic nitrogens is 5. The van der Waals surface area contributed by atoms with Gasteiger partial charge in [0.25, 0.3) is 0 Å². The van der Waals surface area contributed by atoms with Crippen LogP contribution in [0.4, 0.5) is 0 Å². The Morgan fingerprint density at radius 2 is 1.85 bits per heavy atom. The van der Waals surface area contributed by atoms with Crippen LogP contribution in [-0.4, -0.2) is 30.3 Å². The molecule has 162 valence electrons. The van der Waals surface area contributed by atoms with Crippen LogP contribution in [0.2, 0.25) is 0 Å². The third kappa shape index (κ3) is 4.23. The largest absolute Gasteiger partial charge is 0.289 e. The first kappa shape index (κ1) is 20.9. The van der Waals surface area contributed by atoms with Gasteiger partial charge in [-0.3, -0.25) is 14.5 Å². The number of rotatable bonds is 6. The molecule has 2 aromatic carbocycles. The van der Waals surface area contributed by atoms with E-state index in [-0.39, 0.29) is 5.78 Å². The molecule has 0 saturated carbocycles. The lowest BCUT2D eigenvalue weighted by molar-refractivity contribution is 0.104. The first-order valence-corrected chi connectivity index (χ1v) is 11.3. The summed E-state index contributed by atoms with van der Waals surface area (Å²) in [5.41, 5.74) is 4.17. The molecule has 5 rings (SSSR count). The number of allylic oxidation sites excluding steroid dienone is 1. The Kier molecular flexibility index (Phi) is 5.62. The van der Waals surface area contributed by atoms with Crippen molar-refractivity contribution < 1.29 is 4.79 Å². The van der Waals surface area contributed by atoms with Crippen molar-refractivity contribution in [3.63, 3.8) is 0 Å². The first-order valence-electron chi connectivity index (χ1n) is 10.5. The minimum Gasteiger partial charge on any atom is -0.289 e. The lowest BCUT2D eigenvalue weighted by Crippen LogP contribution is -1.98. The van der Waals surface area contributed by atoms with Crippen molar-refractivity contribution in [1.29, 1.82) is 0 Å². The molecule has 3 heterocycles. The van der Waals surface area contributed by atoms with E-state index in [0.717, 1.165) is 37.8 Å². The molecular formula is C26H21N5OS. The molecule has 0 fully saturated rings. The van der Waals surface area contributed by atoms with E-state index in [1.54, 1.807) is 48.2 Å². The summed E-state index contributed by atoms with van der Waals surface area (Å²) in [5.74, 6) is -0.0993. The van der Waals surface area contributed by atoms with Crippen LogP contribution in [0.25, 0.3) is 22.7 Å². The summed E-state index contributed by atoms with van der Waals surface area (Å²) in [7, 11) is 1.79. The molecular weight excluding hydrogens is 430 g/mol. The number of carbonyl (C=O) groups is 1. The van der Waals surface area contributed by atoms with E-state index in [1.807, 2.05) is 60.1 Å². The summed E-state index contributed by atoms with van der Waals surface area (Å²) in [6, 6.07) is 20.1. The number of hydrogen-bond donors (Lipinski definition) is 0. The normalized spacial score (nSPS) is 11.5. The highest BCUT2D eigenvalue weighted by molar-refractivity contribution is 7.99. The number of hydrogen-bond acceptors (Lipinski definition) is 5. The van der Waals surface area contributed by atoms with Crippen molar-refractivity contribution in [3.05, 3.63) is 102 Å². The quantitative estimate of drug-likeness (QED) is 0.252. The van der Waals surface area contributed by atoms with Gasteiger partial charge in [-0.15, -0.1) is 0 Å². The molecule has 0 amide bonds.